The lowest BCUT2D eigenvalue weighted by Gasteiger charge is -2.37. The van der Waals surface area contributed by atoms with Gasteiger partial charge in [0.1, 0.15) is 0 Å². The molecule has 7 nitrogen and oxygen atoms in total. The molecule has 0 radical (unpaired) electrons. The minimum Gasteiger partial charge on any atom is -0.481 e. The highest BCUT2D eigenvalue weighted by molar-refractivity contribution is 5.67. The Morgan fingerprint density at radius 2 is 0.750 bits per heavy atom. The number of carbonyl (C=O) groups is 3. The molecule has 0 aliphatic heterocycles. The molecule has 0 aromatic heterocycles. The third-order valence-corrected chi connectivity index (χ3v) is 8.06. The zero-order valence-electron chi connectivity index (χ0n) is 25.8. The highest BCUT2D eigenvalue weighted by Gasteiger charge is 2.29. The zero-order chi connectivity index (χ0) is 29.7. The molecule has 0 saturated carbocycles. The first-order valence-corrected chi connectivity index (χ1v) is 16.5. The number of allylic oxidation sites excluding steroid dienone is 1. The molecule has 0 aliphatic rings. The summed E-state index contributed by atoms with van der Waals surface area (Å²) in [4.78, 5) is 33.4. The Morgan fingerprint density at radius 3 is 1.07 bits per heavy atom. The molecule has 234 valence electrons. The average molecular weight is 569 g/mol. The van der Waals surface area contributed by atoms with E-state index in [1.807, 2.05) is 0 Å². The first kappa shape index (κ1) is 38.1. The van der Waals surface area contributed by atoms with Crippen LogP contribution in [-0.2, 0) is 14.4 Å². The molecule has 0 heterocycles. The van der Waals surface area contributed by atoms with Gasteiger partial charge in [-0.2, -0.15) is 0 Å². The van der Waals surface area contributed by atoms with Crippen molar-refractivity contribution in [1.29, 1.82) is 0 Å². The van der Waals surface area contributed by atoms with E-state index in [1.54, 1.807) is 0 Å². The van der Waals surface area contributed by atoms with Crippen LogP contribution in [0.3, 0.4) is 0 Å². The van der Waals surface area contributed by atoms with Gasteiger partial charge in [-0.15, -0.1) is 0 Å². The molecule has 40 heavy (non-hydrogen) atoms. The van der Waals surface area contributed by atoms with Gasteiger partial charge in [0, 0.05) is 6.42 Å². The molecule has 0 fully saturated rings. The Kier molecular flexibility index (Phi) is 26.0. The van der Waals surface area contributed by atoms with Crippen molar-refractivity contribution in [2.75, 3.05) is 26.2 Å². The van der Waals surface area contributed by atoms with E-state index in [4.69, 9.17) is 15.3 Å². The van der Waals surface area contributed by atoms with Crippen molar-refractivity contribution in [3.63, 3.8) is 0 Å². The van der Waals surface area contributed by atoms with Crippen LogP contribution in [-0.4, -0.2) is 63.9 Å². The summed E-state index contributed by atoms with van der Waals surface area (Å²) in [6.07, 6.45) is 30.2. The van der Waals surface area contributed by atoms with Crippen molar-refractivity contribution < 1.29 is 34.2 Å². The summed E-state index contributed by atoms with van der Waals surface area (Å²) in [6, 6.07) is 0. The van der Waals surface area contributed by atoms with Gasteiger partial charge in [-0.05, 0) is 12.8 Å². The first-order chi connectivity index (χ1) is 19.3. The predicted octanol–water partition coefficient (Wildman–Crippen LogP) is 8.61. The fourth-order valence-electron chi connectivity index (χ4n) is 5.42. The smallest absolute Gasteiger partial charge is 0.309 e. The second-order valence-electron chi connectivity index (χ2n) is 11.7. The molecule has 0 aliphatic carbocycles. The summed E-state index contributed by atoms with van der Waals surface area (Å²) in [6.45, 7) is 3.59. The normalized spacial score (nSPS) is 11.8. The van der Waals surface area contributed by atoms with Crippen molar-refractivity contribution in [3.8, 4) is 0 Å². The number of carboxylic acid groups (broad SMARTS) is 3. The number of hydrogen-bond donors (Lipinski definition) is 3. The fraction of sp³-hybridized carbons (Fsp3) is 0.848. The maximum absolute atomic E-state index is 11.1. The summed E-state index contributed by atoms with van der Waals surface area (Å²) in [5.74, 6) is -2.84. The molecular formula is C33H62NO6+. The molecular weight excluding hydrogens is 506 g/mol. The average Bonchev–Trinajstić information content (AvgIpc) is 2.92. The highest BCUT2D eigenvalue weighted by Crippen LogP contribution is 2.16. The van der Waals surface area contributed by atoms with Gasteiger partial charge < -0.3 is 19.8 Å². The third-order valence-electron chi connectivity index (χ3n) is 8.06. The van der Waals surface area contributed by atoms with E-state index in [1.165, 1.54) is 109 Å². The van der Waals surface area contributed by atoms with Crippen LogP contribution in [0.25, 0.3) is 0 Å². The first-order valence-electron chi connectivity index (χ1n) is 16.5. The summed E-state index contributed by atoms with van der Waals surface area (Å²) in [5, 5.41) is 27.4. The minimum atomic E-state index is -0.947. The van der Waals surface area contributed by atoms with Crippen LogP contribution in [0, 0.1) is 0 Å². The van der Waals surface area contributed by atoms with E-state index in [0.717, 1.165) is 12.8 Å². The monoisotopic (exact) mass is 568 g/mol. The molecule has 0 rings (SSSR count). The number of nitrogens with zero attached hydrogens (tertiary/aromatic N) is 1. The standard InChI is InChI=1S/C33H61NO6/c1-2-3-4-5-6-7-8-9-10-11-12-13-14-15-16-17-18-19-20-21-22-23-27-34(28-24-31(35)36,29-25-32(37)38)30-26-33(39)40/h21-22H,2-20,23-30H2,1H3,(H2-,35,36,37,38,39,40)/p+1/b22-21+. The summed E-state index contributed by atoms with van der Waals surface area (Å²) in [7, 11) is 0. The van der Waals surface area contributed by atoms with Crippen LogP contribution < -0.4 is 0 Å². The van der Waals surface area contributed by atoms with E-state index in [9.17, 15) is 14.4 Å². The van der Waals surface area contributed by atoms with E-state index in [0.29, 0.717) is 13.0 Å². The van der Waals surface area contributed by atoms with E-state index in [2.05, 4.69) is 19.1 Å². The summed E-state index contributed by atoms with van der Waals surface area (Å²) in [5.41, 5.74) is 0. The van der Waals surface area contributed by atoms with Crippen LogP contribution in [0.5, 0.6) is 0 Å². The van der Waals surface area contributed by atoms with Gasteiger partial charge in [-0.1, -0.05) is 128 Å². The molecule has 0 saturated heterocycles. The maximum Gasteiger partial charge on any atom is 0.309 e. The molecule has 3 N–H and O–H groups in total. The Morgan fingerprint density at radius 1 is 0.450 bits per heavy atom. The van der Waals surface area contributed by atoms with Crippen LogP contribution in [0.1, 0.15) is 155 Å². The Labute approximate surface area is 245 Å². The lowest BCUT2D eigenvalue weighted by Crippen LogP contribution is -2.52. The van der Waals surface area contributed by atoms with Gasteiger partial charge >= 0.3 is 17.9 Å². The predicted molar refractivity (Wildman–Crippen MR) is 164 cm³/mol. The lowest BCUT2D eigenvalue weighted by atomic mass is 10.0. The van der Waals surface area contributed by atoms with Gasteiger partial charge in [0.25, 0.3) is 0 Å². The van der Waals surface area contributed by atoms with Gasteiger partial charge in [0.05, 0.1) is 45.4 Å². The molecule has 0 unspecified atom stereocenters. The molecule has 0 bridgehead atoms. The number of quaternary nitrogens is 1. The molecule has 0 atom stereocenters. The SMILES string of the molecule is CCCCCCCCCCCCCCCCCCCC/C=C/CC[N+](CCC(=O)O)(CCC(=O)O)CCC(=O)O. The Hall–Kier alpha value is -1.89. The summed E-state index contributed by atoms with van der Waals surface area (Å²) < 4.78 is 0.217. The molecule has 7 heteroatoms. The topological polar surface area (TPSA) is 112 Å². The van der Waals surface area contributed by atoms with Crippen LogP contribution in [0.4, 0.5) is 0 Å². The zero-order valence-corrected chi connectivity index (χ0v) is 25.8. The third kappa shape index (κ3) is 26.3. The van der Waals surface area contributed by atoms with E-state index in [-0.39, 0.29) is 43.4 Å². The number of hydrogen-bond acceptors (Lipinski definition) is 3. The quantitative estimate of drug-likeness (QED) is 0.0438. The number of aliphatic carboxylic acids is 3. The van der Waals surface area contributed by atoms with Crippen molar-refractivity contribution in [1.82, 2.24) is 0 Å². The van der Waals surface area contributed by atoms with Crippen molar-refractivity contribution in [3.05, 3.63) is 12.2 Å². The van der Waals surface area contributed by atoms with Crippen LogP contribution in [0.2, 0.25) is 0 Å². The number of carboxylic acids is 3. The van der Waals surface area contributed by atoms with Crippen molar-refractivity contribution >= 4 is 17.9 Å². The van der Waals surface area contributed by atoms with Gasteiger partial charge in [-0.3, -0.25) is 14.4 Å². The fourth-order valence-corrected chi connectivity index (χ4v) is 5.42. The minimum absolute atomic E-state index is 0.0950. The lowest BCUT2D eigenvalue weighted by molar-refractivity contribution is -0.926. The van der Waals surface area contributed by atoms with E-state index >= 15 is 0 Å². The Balaban J connectivity index is 3.87. The van der Waals surface area contributed by atoms with Crippen molar-refractivity contribution in [2.45, 2.75) is 155 Å². The second kappa shape index (κ2) is 27.3. The largest absolute Gasteiger partial charge is 0.481 e. The second-order valence-corrected chi connectivity index (χ2v) is 11.7. The summed E-state index contributed by atoms with van der Waals surface area (Å²) >= 11 is 0. The van der Waals surface area contributed by atoms with Crippen LogP contribution >= 0.6 is 0 Å². The Bertz CT molecular complexity index is 618. The van der Waals surface area contributed by atoms with Crippen LogP contribution in [0.15, 0.2) is 12.2 Å². The van der Waals surface area contributed by atoms with Gasteiger partial charge in [-0.25, -0.2) is 0 Å². The number of unbranched alkanes of at least 4 members (excludes halogenated alkanes) is 18. The van der Waals surface area contributed by atoms with Gasteiger partial charge in [0.15, 0.2) is 0 Å². The molecule has 0 aromatic carbocycles. The van der Waals surface area contributed by atoms with Crippen molar-refractivity contribution in [2.24, 2.45) is 0 Å². The number of rotatable bonds is 31. The molecule has 0 spiro atoms. The van der Waals surface area contributed by atoms with E-state index < -0.39 is 17.9 Å². The maximum atomic E-state index is 11.1. The molecule has 0 aromatic rings. The molecule has 0 amide bonds. The van der Waals surface area contributed by atoms with Gasteiger partial charge in [0.2, 0.25) is 0 Å². The highest BCUT2D eigenvalue weighted by atomic mass is 16.4.